The van der Waals surface area contributed by atoms with Gasteiger partial charge in [0.2, 0.25) is 5.91 Å². The number of likely N-dealkylation sites (tertiary alicyclic amines) is 1. The zero-order valence-electron chi connectivity index (χ0n) is 18.4. The molecule has 5 rings (SSSR count). The number of amides is 1. The van der Waals surface area contributed by atoms with E-state index in [2.05, 4.69) is 74.4 Å². The lowest BCUT2D eigenvalue weighted by atomic mass is 9.96. The van der Waals surface area contributed by atoms with Crippen LogP contribution in [0.1, 0.15) is 31.2 Å². The van der Waals surface area contributed by atoms with Gasteiger partial charge in [-0.15, -0.1) is 0 Å². The fourth-order valence-corrected chi connectivity index (χ4v) is 4.84. The third-order valence-corrected chi connectivity index (χ3v) is 6.72. The van der Waals surface area contributed by atoms with Crippen molar-refractivity contribution < 1.29 is 4.79 Å². The van der Waals surface area contributed by atoms with Gasteiger partial charge in [0.1, 0.15) is 0 Å². The number of H-pyrrole nitrogens is 1. The van der Waals surface area contributed by atoms with Crippen molar-refractivity contribution in [2.75, 3.05) is 13.1 Å². The quantitative estimate of drug-likeness (QED) is 0.436. The lowest BCUT2D eigenvalue weighted by Gasteiger charge is -2.32. The molecular formula is C27H30N4O. The Kier molecular flexibility index (Phi) is 6.06. The molecule has 0 bridgehead atoms. The maximum absolute atomic E-state index is 12.6. The van der Waals surface area contributed by atoms with Gasteiger partial charge < -0.3 is 9.47 Å². The normalized spacial score (nSPS) is 14.8. The first-order chi connectivity index (χ1) is 15.8. The van der Waals surface area contributed by atoms with Gasteiger partial charge >= 0.3 is 0 Å². The maximum Gasteiger partial charge on any atom is 0.222 e. The molecular weight excluding hydrogens is 396 g/mol. The monoisotopic (exact) mass is 426 g/mol. The van der Waals surface area contributed by atoms with E-state index in [4.69, 9.17) is 0 Å². The minimum atomic E-state index is 0.317. The predicted molar refractivity (Wildman–Crippen MR) is 128 cm³/mol. The van der Waals surface area contributed by atoms with Crippen LogP contribution in [0.3, 0.4) is 0 Å². The Hall–Kier alpha value is -3.34. The average molecular weight is 427 g/mol. The molecule has 0 radical (unpaired) electrons. The average Bonchev–Trinajstić information content (AvgIpc) is 3.51. The number of hydrogen-bond acceptors (Lipinski definition) is 2. The van der Waals surface area contributed by atoms with E-state index in [9.17, 15) is 4.79 Å². The number of carbonyl (C=O) groups is 1. The van der Waals surface area contributed by atoms with Crippen LogP contribution in [0.25, 0.3) is 22.0 Å². The highest BCUT2D eigenvalue weighted by atomic mass is 16.2. The largest absolute Gasteiger partial charge is 0.347 e. The number of nitrogens with zero attached hydrogens (tertiary/aromatic N) is 3. The highest BCUT2D eigenvalue weighted by molar-refractivity contribution is 5.85. The lowest BCUT2D eigenvalue weighted by molar-refractivity contribution is -0.132. The van der Waals surface area contributed by atoms with Crippen LogP contribution in [-0.2, 0) is 17.8 Å². The molecule has 2 aromatic heterocycles. The molecule has 0 spiro atoms. The number of rotatable bonds is 7. The van der Waals surface area contributed by atoms with Gasteiger partial charge in [0.25, 0.3) is 0 Å². The van der Waals surface area contributed by atoms with E-state index in [1.54, 1.807) is 0 Å². The molecule has 0 saturated carbocycles. The summed E-state index contributed by atoms with van der Waals surface area (Å²) >= 11 is 0. The smallest absolute Gasteiger partial charge is 0.222 e. The van der Waals surface area contributed by atoms with Gasteiger partial charge in [0, 0.05) is 54.9 Å². The Bertz CT molecular complexity index is 1160. The molecule has 5 heteroatoms. The van der Waals surface area contributed by atoms with Crippen LogP contribution in [0.5, 0.6) is 0 Å². The summed E-state index contributed by atoms with van der Waals surface area (Å²) in [4.78, 5) is 14.7. The highest BCUT2D eigenvalue weighted by Gasteiger charge is 2.23. The van der Waals surface area contributed by atoms with Crippen LogP contribution < -0.4 is 0 Å². The third-order valence-electron chi connectivity index (χ3n) is 6.72. The predicted octanol–water partition coefficient (Wildman–Crippen LogP) is 5.29. The van der Waals surface area contributed by atoms with Gasteiger partial charge in [0.05, 0.1) is 6.20 Å². The number of nitrogens with one attached hydrogen (secondary N) is 1. The van der Waals surface area contributed by atoms with E-state index in [1.165, 1.54) is 22.0 Å². The standard InChI is InChI=1S/C27H30N4O/c32-27(8-4-7-21-5-2-1-3-6-21)30-14-11-22(12-15-30)20-31-16-13-24-17-23(9-10-26(24)31)25-18-28-29-19-25/h1-3,5-6,9-10,13,16-19,22H,4,7-8,11-12,14-15,20H2,(H,28,29). The van der Waals surface area contributed by atoms with Crippen molar-refractivity contribution >= 4 is 16.8 Å². The fraction of sp³-hybridized carbons (Fsp3) is 0.333. The molecule has 2 aromatic carbocycles. The molecule has 1 fully saturated rings. The van der Waals surface area contributed by atoms with E-state index < -0.39 is 0 Å². The SMILES string of the molecule is O=C(CCCc1ccccc1)N1CCC(Cn2ccc3cc(-c4cn[nH]c4)ccc32)CC1. The van der Waals surface area contributed by atoms with Gasteiger partial charge in [-0.25, -0.2) is 0 Å². The third kappa shape index (κ3) is 4.62. The topological polar surface area (TPSA) is 53.9 Å². The first-order valence-electron chi connectivity index (χ1n) is 11.7. The van der Waals surface area contributed by atoms with E-state index >= 15 is 0 Å². The number of aromatic amines is 1. The summed E-state index contributed by atoms with van der Waals surface area (Å²) in [6, 6.07) is 19.2. The zero-order valence-corrected chi connectivity index (χ0v) is 18.4. The van der Waals surface area contributed by atoms with Crippen molar-refractivity contribution in [1.82, 2.24) is 19.7 Å². The van der Waals surface area contributed by atoms with Crippen LogP contribution in [-0.4, -0.2) is 38.7 Å². The van der Waals surface area contributed by atoms with Crippen molar-refractivity contribution in [3.8, 4) is 11.1 Å². The molecule has 1 saturated heterocycles. The molecule has 4 aromatic rings. The van der Waals surface area contributed by atoms with E-state index in [0.717, 1.165) is 50.9 Å². The van der Waals surface area contributed by atoms with Crippen LogP contribution in [0.15, 0.2) is 73.2 Å². The summed E-state index contributed by atoms with van der Waals surface area (Å²) in [5.41, 5.74) is 4.88. The molecule has 32 heavy (non-hydrogen) atoms. The fourth-order valence-electron chi connectivity index (χ4n) is 4.84. The van der Waals surface area contributed by atoms with Crippen molar-refractivity contribution in [1.29, 1.82) is 0 Å². The van der Waals surface area contributed by atoms with Crippen molar-refractivity contribution in [2.24, 2.45) is 5.92 Å². The second kappa shape index (κ2) is 9.43. The Balaban J connectivity index is 1.12. The molecule has 3 heterocycles. The Morgan fingerprint density at radius 1 is 1.03 bits per heavy atom. The molecule has 0 aliphatic carbocycles. The maximum atomic E-state index is 12.6. The van der Waals surface area contributed by atoms with Gasteiger partial charge in [0.15, 0.2) is 0 Å². The molecule has 0 unspecified atom stereocenters. The molecule has 164 valence electrons. The molecule has 1 N–H and O–H groups in total. The summed E-state index contributed by atoms with van der Waals surface area (Å²) in [6.07, 6.45) is 10.7. The Labute approximate surface area is 189 Å². The summed E-state index contributed by atoms with van der Waals surface area (Å²) in [6.45, 7) is 2.79. The zero-order chi connectivity index (χ0) is 21.8. The van der Waals surface area contributed by atoms with Gasteiger partial charge in [-0.2, -0.15) is 5.10 Å². The minimum Gasteiger partial charge on any atom is -0.347 e. The van der Waals surface area contributed by atoms with Gasteiger partial charge in [-0.05, 0) is 60.9 Å². The number of hydrogen-bond donors (Lipinski definition) is 1. The van der Waals surface area contributed by atoms with Crippen LogP contribution in [0.2, 0.25) is 0 Å². The van der Waals surface area contributed by atoms with Crippen molar-refractivity contribution in [2.45, 2.75) is 38.6 Å². The van der Waals surface area contributed by atoms with Crippen LogP contribution >= 0.6 is 0 Å². The second-order valence-electron chi connectivity index (χ2n) is 8.89. The number of fused-ring (bicyclic) bond motifs is 1. The molecule has 1 aliphatic heterocycles. The van der Waals surface area contributed by atoms with Crippen LogP contribution in [0.4, 0.5) is 0 Å². The van der Waals surface area contributed by atoms with Crippen molar-refractivity contribution in [3.63, 3.8) is 0 Å². The van der Waals surface area contributed by atoms with Gasteiger partial charge in [-0.3, -0.25) is 9.89 Å². The summed E-state index contributed by atoms with van der Waals surface area (Å²) in [5.74, 6) is 0.935. The first kappa shape index (κ1) is 20.6. The van der Waals surface area contributed by atoms with Crippen LogP contribution in [0, 0.1) is 5.92 Å². The van der Waals surface area contributed by atoms with E-state index in [0.29, 0.717) is 18.2 Å². The van der Waals surface area contributed by atoms with E-state index in [-0.39, 0.29) is 0 Å². The van der Waals surface area contributed by atoms with Crippen molar-refractivity contribution in [3.05, 3.63) is 78.8 Å². The number of piperidine rings is 1. The molecule has 5 nitrogen and oxygen atoms in total. The molecule has 1 amide bonds. The Morgan fingerprint density at radius 2 is 1.88 bits per heavy atom. The number of aryl methyl sites for hydroxylation is 1. The summed E-state index contributed by atoms with van der Waals surface area (Å²) in [7, 11) is 0. The number of aromatic nitrogens is 3. The number of carbonyl (C=O) groups excluding carboxylic acids is 1. The summed E-state index contributed by atoms with van der Waals surface area (Å²) < 4.78 is 2.37. The van der Waals surface area contributed by atoms with Gasteiger partial charge in [-0.1, -0.05) is 36.4 Å². The molecule has 1 aliphatic rings. The second-order valence-corrected chi connectivity index (χ2v) is 8.89. The highest BCUT2D eigenvalue weighted by Crippen LogP contribution is 2.27. The first-order valence-corrected chi connectivity index (χ1v) is 11.7. The number of benzene rings is 2. The summed E-state index contributed by atoms with van der Waals surface area (Å²) in [5, 5.41) is 8.19. The molecule has 0 atom stereocenters. The minimum absolute atomic E-state index is 0.317. The van der Waals surface area contributed by atoms with E-state index in [1.807, 2.05) is 18.5 Å². The Morgan fingerprint density at radius 3 is 2.66 bits per heavy atom. The lowest BCUT2D eigenvalue weighted by Crippen LogP contribution is -2.39.